The van der Waals surface area contributed by atoms with Crippen molar-refractivity contribution in [2.75, 3.05) is 0 Å². The normalized spacial score (nSPS) is 13.3. The highest BCUT2D eigenvalue weighted by Crippen LogP contribution is 2.39. The van der Waals surface area contributed by atoms with Crippen molar-refractivity contribution >= 4 is 35.1 Å². The fraction of sp³-hybridized carbons (Fsp3) is 0.467. The first-order chi connectivity index (χ1) is 8.14. The second-order valence-electron chi connectivity index (χ2n) is 6.65. The number of nitrogens with zero attached hydrogens (tertiary/aromatic N) is 1. The van der Waals surface area contributed by atoms with E-state index >= 15 is 0 Å². The van der Waals surface area contributed by atoms with Crippen LogP contribution < -0.4 is 0 Å². The number of rotatable bonds is 1. The van der Waals surface area contributed by atoms with Crippen LogP contribution >= 0.6 is 15.9 Å². The van der Waals surface area contributed by atoms with E-state index in [1.54, 1.807) is 0 Å². The summed E-state index contributed by atoms with van der Waals surface area (Å²) in [5.74, 6) is 0. The largest absolute Gasteiger partial charge is 0.374 e. The van der Waals surface area contributed by atoms with Gasteiger partial charge in [-0.3, -0.25) is 0 Å². The molecule has 0 spiro atoms. The number of aromatic nitrogens is 1. The van der Waals surface area contributed by atoms with E-state index in [2.05, 4.69) is 85.3 Å². The Morgan fingerprint density at radius 1 is 1.17 bits per heavy atom. The SMILES string of the molecule is Cc1cn([Si](C)(C)C(C)(C)C)c2cc(Br)ccc12. The molecule has 0 aliphatic carbocycles. The average Bonchev–Trinajstić information content (AvgIpc) is 2.54. The summed E-state index contributed by atoms with van der Waals surface area (Å²) in [6.45, 7) is 14.2. The third kappa shape index (κ3) is 2.08. The highest BCUT2D eigenvalue weighted by molar-refractivity contribution is 9.10. The number of aryl methyl sites for hydroxylation is 1. The van der Waals surface area contributed by atoms with E-state index in [9.17, 15) is 0 Å². The molecule has 1 nitrogen and oxygen atoms in total. The van der Waals surface area contributed by atoms with Crippen LogP contribution in [0.15, 0.2) is 28.9 Å². The summed E-state index contributed by atoms with van der Waals surface area (Å²) in [6, 6.07) is 6.60. The van der Waals surface area contributed by atoms with Gasteiger partial charge in [-0.2, -0.15) is 0 Å². The van der Waals surface area contributed by atoms with Crippen molar-refractivity contribution in [1.82, 2.24) is 4.23 Å². The van der Waals surface area contributed by atoms with Gasteiger partial charge in [-0.1, -0.05) is 55.9 Å². The molecule has 1 aromatic carbocycles. The van der Waals surface area contributed by atoms with E-state index in [-0.39, 0.29) is 0 Å². The Hall–Kier alpha value is -0.543. The summed E-state index contributed by atoms with van der Waals surface area (Å²) >= 11 is 3.60. The molecule has 98 valence electrons. The molecular weight excluding hydrogens is 302 g/mol. The lowest BCUT2D eigenvalue weighted by Gasteiger charge is -2.38. The first-order valence-corrected chi connectivity index (χ1v) is 10.2. The predicted molar refractivity (Wildman–Crippen MR) is 87.0 cm³/mol. The van der Waals surface area contributed by atoms with E-state index in [4.69, 9.17) is 0 Å². The molecular formula is C15H22BrNSi. The zero-order valence-corrected chi connectivity index (χ0v) is 14.7. The molecule has 1 heterocycles. The van der Waals surface area contributed by atoms with Crippen LogP contribution in [-0.4, -0.2) is 12.5 Å². The minimum Gasteiger partial charge on any atom is -0.374 e. The molecule has 1 aromatic heterocycles. The lowest BCUT2D eigenvalue weighted by atomic mass is 10.2. The minimum atomic E-state index is -1.55. The molecule has 0 bridgehead atoms. The van der Waals surface area contributed by atoms with Crippen LogP contribution in [0.1, 0.15) is 26.3 Å². The Morgan fingerprint density at radius 3 is 2.33 bits per heavy atom. The molecule has 0 aliphatic heterocycles. The van der Waals surface area contributed by atoms with E-state index in [0.29, 0.717) is 5.04 Å². The molecule has 0 saturated heterocycles. The summed E-state index contributed by atoms with van der Waals surface area (Å²) < 4.78 is 3.72. The van der Waals surface area contributed by atoms with Crippen molar-refractivity contribution in [2.45, 2.75) is 45.8 Å². The van der Waals surface area contributed by atoms with Crippen molar-refractivity contribution in [1.29, 1.82) is 0 Å². The molecule has 0 radical (unpaired) electrons. The van der Waals surface area contributed by atoms with Gasteiger partial charge in [0.25, 0.3) is 0 Å². The Balaban J connectivity index is 2.76. The molecule has 0 N–H and O–H groups in total. The summed E-state index contributed by atoms with van der Waals surface area (Å²) in [7, 11) is -1.55. The van der Waals surface area contributed by atoms with Crippen molar-refractivity contribution < 1.29 is 0 Å². The van der Waals surface area contributed by atoms with Crippen molar-refractivity contribution in [3.63, 3.8) is 0 Å². The monoisotopic (exact) mass is 323 g/mol. The third-order valence-corrected chi connectivity index (χ3v) is 10.1. The molecule has 0 fully saturated rings. The van der Waals surface area contributed by atoms with E-state index in [1.165, 1.54) is 16.5 Å². The van der Waals surface area contributed by atoms with Crippen LogP contribution in [0.5, 0.6) is 0 Å². The van der Waals surface area contributed by atoms with Gasteiger partial charge in [0, 0.05) is 15.4 Å². The maximum atomic E-state index is 3.60. The smallest absolute Gasteiger partial charge is 0.161 e. The van der Waals surface area contributed by atoms with Crippen molar-refractivity contribution in [3.05, 3.63) is 34.4 Å². The zero-order chi connectivity index (χ0) is 13.7. The topological polar surface area (TPSA) is 4.93 Å². The molecule has 18 heavy (non-hydrogen) atoms. The van der Waals surface area contributed by atoms with E-state index < -0.39 is 8.24 Å². The Bertz CT molecular complexity index is 590. The molecule has 0 amide bonds. The van der Waals surface area contributed by atoms with Gasteiger partial charge in [-0.25, -0.2) is 0 Å². The van der Waals surface area contributed by atoms with Gasteiger partial charge in [0.1, 0.15) is 0 Å². The van der Waals surface area contributed by atoms with Crippen LogP contribution in [-0.2, 0) is 0 Å². The van der Waals surface area contributed by atoms with Gasteiger partial charge in [0.2, 0.25) is 0 Å². The molecule has 2 aromatic rings. The van der Waals surface area contributed by atoms with Gasteiger partial charge < -0.3 is 4.23 Å². The second-order valence-corrected chi connectivity index (χ2v) is 12.7. The standard InChI is InChI=1S/C15H22BrNSi/c1-11-10-17(18(5,6)15(2,3)4)14-9-12(16)7-8-13(11)14/h7-10H,1-6H3. The van der Waals surface area contributed by atoms with Gasteiger partial charge in [0.05, 0.1) is 0 Å². The summed E-state index contributed by atoms with van der Waals surface area (Å²) in [6.07, 6.45) is 2.34. The number of fused-ring (bicyclic) bond motifs is 1. The zero-order valence-electron chi connectivity index (χ0n) is 12.1. The third-order valence-electron chi connectivity index (χ3n) is 4.40. The van der Waals surface area contributed by atoms with Gasteiger partial charge in [-0.05, 0) is 35.9 Å². The summed E-state index contributed by atoms with van der Waals surface area (Å²) in [4.78, 5) is 0. The second kappa shape index (κ2) is 4.24. The molecule has 2 rings (SSSR count). The fourth-order valence-corrected chi connectivity index (χ4v) is 4.57. The van der Waals surface area contributed by atoms with E-state index in [0.717, 1.165) is 4.47 Å². The highest BCUT2D eigenvalue weighted by atomic mass is 79.9. The van der Waals surface area contributed by atoms with Crippen LogP contribution in [0.3, 0.4) is 0 Å². The molecule has 0 unspecified atom stereocenters. The maximum absolute atomic E-state index is 3.60. The van der Waals surface area contributed by atoms with Crippen molar-refractivity contribution in [3.8, 4) is 0 Å². The Morgan fingerprint density at radius 2 is 1.78 bits per heavy atom. The Kier molecular flexibility index (Phi) is 3.27. The lowest BCUT2D eigenvalue weighted by molar-refractivity contribution is 0.703. The van der Waals surface area contributed by atoms with Crippen LogP contribution in [0.2, 0.25) is 18.1 Å². The maximum Gasteiger partial charge on any atom is 0.161 e. The summed E-state index contributed by atoms with van der Waals surface area (Å²) in [5, 5.41) is 1.72. The van der Waals surface area contributed by atoms with Crippen LogP contribution in [0, 0.1) is 6.92 Å². The summed E-state index contributed by atoms with van der Waals surface area (Å²) in [5.41, 5.74) is 2.75. The highest BCUT2D eigenvalue weighted by Gasteiger charge is 2.38. The fourth-order valence-electron chi connectivity index (χ4n) is 2.19. The van der Waals surface area contributed by atoms with Gasteiger partial charge in [0.15, 0.2) is 8.24 Å². The lowest BCUT2D eigenvalue weighted by Crippen LogP contribution is -2.44. The predicted octanol–water partition coefficient (Wildman–Crippen LogP) is 5.57. The number of hydrogen-bond donors (Lipinski definition) is 0. The van der Waals surface area contributed by atoms with Crippen LogP contribution in [0.4, 0.5) is 0 Å². The quantitative estimate of drug-likeness (QED) is 0.605. The molecule has 0 saturated carbocycles. The van der Waals surface area contributed by atoms with Crippen LogP contribution in [0.25, 0.3) is 10.9 Å². The first-order valence-electron chi connectivity index (χ1n) is 6.42. The molecule has 0 atom stereocenters. The average molecular weight is 324 g/mol. The molecule has 3 heteroatoms. The number of hydrogen-bond acceptors (Lipinski definition) is 0. The van der Waals surface area contributed by atoms with E-state index in [1.807, 2.05) is 0 Å². The minimum absolute atomic E-state index is 0.341. The van der Waals surface area contributed by atoms with Crippen molar-refractivity contribution in [2.24, 2.45) is 0 Å². The molecule has 0 aliphatic rings. The number of benzene rings is 1. The number of halogens is 1. The van der Waals surface area contributed by atoms with Gasteiger partial charge in [-0.15, -0.1) is 0 Å². The Labute approximate surface area is 119 Å². The first kappa shape index (κ1) is 13.9. The van der Waals surface area contributed by atoms with Gasteiger partial charge >= 0.3 is 0 Å².